The van der Waals surface area contributed by atoms with Crippen molar-refractivity contribution in [3.05, 3.63) is 118 Å². The second kappa shape index (κ2) is 19.4. The fourth-order valence-corrected chi connectivity index (χ4v) is 6.84. The van der Waals surface area contributed by atoms with Gasteiger partial charge in [0.2, 0.25) is 11.8 Å². The lowest BCUT2D eigenvalue weighted by Crippen LogP contribution is -2.40. The van der Waals surface area contributed by atoms with Crippen LogP contribution in [-0.4, -0.2) is 60.7 Å². The van der Waals surface area contributed by atoms with Gasteiger partial charge in [-0.3, -0.25) is 19.2 Å². The highest BCUT2D eigenvalue weighted by Crippen LogP contribution is 2.50. The Kier molecular flexibility index (Phi) is 14.2. The van der Waals surface area contributed by atoms with Crippen molar-refractivity contribution in [1.82, 2.24) is 21.3 Å². The summed E-state index contributed by atoms with van der Waals surface area (Å²) in [7, 11) is 0. The molecule has 0 spiro atoms. The maximum absolute atomic E-state index is 13.5. The molecule has 0 saturated carbocycles. The second-order valence-electron chi connectivity index (χ2n) is 13.3. The minimum atomic E-state index is -0.881. The van der Waals surface area contributed by atoms with E-state index >= 15 is 0 Å². The van der Waals surface area contributed by atoms with Gasteiger partial charge in [0.25, 0.3) is 11.8 Å². The lowest BCUT2D eigenvalue weighted by atomic mass is 10.1. The number of hydrogen-bond donors (Lipinski definition) is 4. The van der Waals surface area contributed by atoms with E-state index in [9.17, 15) is 28.8 Å². The molecule has 0 bridgehead atoms. The number of benzene rings is 4. The van der Waals surface area contributed by atoms with Crippen LogP contribution < -0.4 is 26.0 Å². The van der Waals surface area contributed by atoms with E-state index in [2.05, 4.69) is 21.3 Å². The lowest BCUT2D eigenvalue weighted by molar-refractivity contribution is -0.149. The number of carbonyl (C=O) groups excluding carboxylic acids is 6. The molecule has 56 heavy (non-hydrogen) atoms. The van der Waals surface area contributed by atoms with Crippen LogP contribution in [0.5, 0.6) is 11.5 Å². The van der Waals surface area contributed by atoms with Crippen LogP contribution in [0.4, 0.5) is 0 Å². The van der Waals surface area contributed by atoms with E-state index in [-0.39, 0.29) is 61.8 Å². The Labute approximate surface area is 329 Å². The van der Waals surface area contributed by atoms with Gasteiger partial charge in [0, 0.05) is 25.9 Å². The first-order valence-electron chi connectivity index (χ1n) is 18.1. The maximum Gasteiger partial charge on any atom is 0.328 e. The summed E-state index contributed by atoms with van der Waals surface area (Å²) < 4.78 is 16.9. The molecule has 292 valence electrons. The predicted octanol–water partition coefficient (Wildman–Crippen LogP) is 5.30. The third-order valence-corrected chi connectivity index (χ3v) is 9.54. The van der Waals surface area contributed by atoms with Gasteiger partial charge in [-0.05, 0) is 74.2 Å². The van der Waals surface area contributed by atoms with E-state index in [4.69, 9.17) is 14.2 Å². The van der Waals surface area contributed by atoms with Crippen molar-refractivity contribution in [2.45, 2.75) is 75.6 Å². The van der Waals surface area contributed by atoms with Gasteiger partial charge in [-0.2, -0.15) is 0 Å². The number of fused-ring (bicyclic) bond motifs is 2. The van der Waals surface area contributed by atoms with Crippen molar-refractivity contribution in [2.24, 2.45) is 0 Å². The Morgan fingerprint density at radius 3 is 1.39 bits per heavy atom. The van der Waals surface area contributed by atoms with Gasteiger partial charge in [0.1, 0.15) is 25.3 Å². The van der Waals surface area contributed by atoms with Crippen LogP contribution in [0, 0.1) is 13.8 Å². The van der Waals surface area contributed by atoms with E-state index in [1.54, 1.807) is 12.1 Å². The molecule has 4 aromatic carbocycles. The first kappa shape index (κ1) is 41.0. The summed E-state index contributed by atoms with van der Waals surface area (Å²) in [5, 5.41) is 10.7. The standard InChI is InChI=1S/C42H44N4O9S/c1-25-19-31(39(49)43-17-15-35(47)45-27(3)41(51)53-23-29-11-7-5-8-12-29)37-33(21-25)56-34-22-26(2)20-32(38(34)55-37)40(50)44-18-16-36(48)46-28(4)42(52)54-24-30-13-9-6-10-14-30/h5-14,19-22,27-28H,15-18,23-24H2,1-4H3,(H,43,49)(H,44,50)(H,45,47)(H,46,48)/t27-,28-/m0/s1. The zero-order chi connectivity index (χ0) is 40.2. The molecular weight excluding hydrogens is 737 g/mol. The minimum absolute atomic E-state index is 0.0169. The van der Waals surface area contributed by atoms with E-state index in [1.165, 1.54) is 25.6 Å². The number of rotatable bonds is 16. The van der Waals surface area contributed by atoms with Crippen LogP contribution in [0.2, 0.25) is 0 Å². The Morgan fingerprint density at radius 1 is 0.607 bits per heavy atom. The normalized spacial score (nSPS) is 12.4. The number of nitrogens with one attached hydrogen (secondary N) is 4. The van der Waals surface area contributed by atoms with Crippen molar-refractivity contribution in [3.8, 4) is 11.5 Å². The Balaban J connectivity index is 1.13. The van der Waals surface area contributed by atoms with E-state index in [0.29, 0.717) is 9.79 Å². The summed E-state index contributed by atoms with van der Waals surface area (Å²) in [6.45, 7) is 6.88. The van der Waals surface area contributed by atoms with Gasteiger partial charge in [-0.1, -0.05) is 72.4 Å². The molecule has 0 radical (unpaired) electrons. The Hall–Kier alpha value is -6.15. The second-order valence-corrected chi connectivity index (χ2v) is 14.3. The molecule has 0 fully saturated rings. The van der Waals surface area contributed by atoms with Gasteiger partial charge in [-0.25, -0.2) is 9.59 Å². The maximum atomic E-state index is 13.5. The van der Waals surface area contributed by atoms with Gasteiger partial charge >= 0.3 is 11.9 Å². The zero-order valence-corrected chi connectivity index (χ0v) is 32.4. The number of ether oxygens (including phenoxy) is 3. The van der Waals surface area contributed by atoms with Crippen LogP contribution in [0.25, 0.3) is 0 Å². The third kappa shape index (κ3) is 11.4. The highest BCUT2D eigenvalue weighted by molar-refractivity contribution is 7.99. The molecule has 0 saturated heterocycles. The first-order valence-corrected chi connectivity index (χ1v) is 18.9. The monoisotopic (exact) mass is 780 g/mol. The molecule has 0 aliphatic carbocycles. The molecule has 1 aliphatic heterocycles. The fraction of sp³-hybridized carbons (Fsp3) is 0.286. The van der Waals surface area contributed by atoms with Crippen molar-refractivity contribution >= 4 is 47.3 Å². The molecule has 1 heterocycles. The van der Waals surface area contributed by atoms with Crippen molar-refractivity contribution in [1.29, 1.82) is 0 Å². The Morgan fingerprint density at radius 2 is 1.00 bits per heavy atom. The highest BCUT2D eigenvalue weighted by Gasteiger charge is 2.29. The average molecular weight is 781 g/mol. The van der Waals surface area contributed by atoms with Crippen LogP contribution in [0.15, 0.2) is 94.7 Å². The minimum Gasteiger partial charge on any atom is -0.459 e. The number of amides is 4. The van der Waals surface area contributed by atoms with Crippen molar-refractivity contribution < 1.29 is 43.0 Å². The van der Waals surface area contributed by atoms with Gasteiger partial charge in [0.15, 0.2) is 11.5 Å². The molecule has 2 atom stereocenters. The van der Waals surface area contributed by atoms with Crippen LogP contribution in [0.1, 0.15) is 69.7 Å². The SMILES string of the molecule is Cc1cc2c(c(C(=O)NCCC(=O)N[C@@H](C)C(=O)OCc3ccccc3)c1)Oc1c(cc(C)cc1C(=O)NCCC(=O)N[C@@H](C)C(=O)OCc1ccccc1)S2. The van der Waals surface area contributed by atoms with Gasteiger partial charge < -0.3 is 35.5 Å². The van der Waals surface area contributed by atoms with Gasteiger partial charge in [-0.15, -0.1) is 0 Å². The highest BCUT2D eigenvalue weighted by atomic mass is 32.2. The van der Waals surface area contributed by atoms with E-state index in [1.807, 2.05) is 86.6 Å². The molecule has 13 nitrogen and oxygen atoms in total. The average Bonchev–Trinajstić information content (AvgIpc) is 3.18. The van der Waals surface area contributed by atoms with Crippen LogP contribution in [-0.2, 0) is 41.9 Å². The van der Waals surface area contributed by atoms with Crippen LogP contribution in [0.3, 0.4) is 0 Å². The summed E-state index contributed by atoms with van der Waals surface area (Å²) in [5.41, 5.74) is 3.69. The van der Waals surface area contributed by atoms with Crippen molar-refractivity contribution in [2.75, 3.05) is 13.1 Å². The van der Waals surface area contributed by atoms with Crippen LogP contribution >= 0.6 is 11.8 Å². The van der Waals surface area contributed by atoms with E-state index in [0.717, 1.165) is 22.3 Å². The summed E-state index contributed by atoms with van der Waals surface area (Å²) in [6.07, 6.45) is -0.180. The number of aryl methyl sites for hydroxylation is 2. The largest absolute Gasteiger partial charge is 0.459 e. The molecule has 4 N–H and O–H groups in total. The lowest BCUT2D eigenvalue weighted by Gasteiger charge is -2.25. The Bertz CT molecular complexity index is 1950. The summed E-state index contributed by atoms with van der Waals surface area (Å²) in [4.78, 5) is 78.2. The van der Waals surface area contributed by atoms with E-state index < -0.39 is 47.7 Å². The molecule has 14 heteroatoms. The topological polar surface area (TPSA) is 178 Å². The van der Waals surface area contributed by atoms with Crippen molar-refractivity contribution in [3.63, 3.8) is 0 Å². The zero-order valence-electron chi connectivity index (χ0n) is 31.6. The smallest absolute Gasteiger partial charge is 0.328 e. The molecule has 5 rings (SSSR count). The number of carbonyl (C=O) groups is 6. The molecule has 4 amide bonds. The molecular formula is C42H44N4O9S. The summed E-state index contributed by atoms with van der Waals surface area (Å²) in [6, 6.07) is 23.7. The predicted molar refractivity (Wildman–Crippen MR) is 208 cm³/mol. The quantitative estimate of drug-likeness (QED) is 0.0962. The molecule has 0 aromatic heterocycles. The number of hydrogen-bond acceptors (Lipinski definition) is 10. The third-order valence-electron chi connectivity index (χ3n) is 8.50. The molecule has 4 aromatic rings. The summed E-state index contributed by atoms with van der Waals surface area (Å²) >= 11 is 1.35. The fourth-order valence-electron chi connectivity index (χ4n) is 5.62. The molecule has 1 aliphatic rings. The number of esters is 2. The van der Waals surface area contributed by atoms with Gasteiger partial charge in [0.05, 0.1) is 20.9 Å². The summed E-state index contributed by atoms with van der Waals surface area (Å²) in [5.74, 6) is -2.50. The first-order chi connectivity index (χ1) is 26.9. The molecule has 0 unspecified atom stereocenters.